The number of nitrogens with two attached hydrogens (primary N) is 1. The summed E-state index contributed by atoms with van der Waals surface area (Å²) in [5.74, 6) is 0.656. The maximum Gasteiger partial charge on any atom is 0.223 e. The van der Waals surface area contributed by atoms with E-state index in [-0.39, 0.29) is 41.6 Å². The van der Waals surface area contributed by atoms with Gasteiger partial charge in [0.2, 0.25) is 11.8 Å². The van der Waals surface area contributed by atoms with E-state index in [1.807, 2.05) is 20.8 Å². The lowest BCUT2D eigenvalue weighted by Gasteiger charge is -2.33. The summed E-state index contributed by atoms with van der Waals surface area (Å²) in [7, 11) is 0. The van der Waals surface area contributed by atoms with Gasteiger partial charge in [0.15, 0.2) is 0 Å². The van der Waals surface area contributed by atoms with E-state index >= 15 is 0 Å². The van der Waals surface area contributed by atoms with E-state index in [4.69, 9.17) is 5.73 Å². The van der Waals surface area contributed by atoms with E-state index in [0.717, 1.165) is 12.8 Å². The van der Waals surface area contributed by atoms with Crippen LogP contribution in [0.25, 0.3) is 0 Å². The van der Waals surface area contributed by atoms with Gasteiger partial charge in [-0.15, -0.1) is 12.4 Å². The summed E-state index contributed by atoms with van der Waals surface area (Å²) in [6, 6.07) is 0. The Morgan fingerprint density at radius 1 is 1.35 bits per heavy atom. The lowest BCUT2D eigenvalue weighted by molar-refractivity contribution is -0.124. The quantitative estimate of drug-likeness (QED) is 0.589. The molecule has 1 unspecified atom stereocenters. The molecule has 0 aromatic rings. The monoisotopic (exact) mass is 305 g/mol. The fourth-order valence-electron chi connectivity index (χ4n) is 1.76. The van der Waals surface area contributed by atoms with Crippen LogP contribution >= 0.6 is 12.4 Å². The highest BCUT2D eigenvalue weighted by Crippen LogP contribution is 2.28. The molecule has 0 aliphatic heterocycles. The number of rotatable bonds is 8. The van der Waals surface area contributed by atoms with Gasteiger partial charge in [0.05, 0.1) is 5.54 Å². The number of carbonyl (C=O) groups excluding carboxylic acids is 2. The van der Waals surface area contributed by atoms with E-state index in [1.54, 1.807) is 0 Å². The van der Waals surface area contributed by atoms with Crippen molar-refractivity contribution >= 4 is 24.2 Å². The van der Waals surface area contributed by atoms with Crippen LogP contribution in [0.3, 0.4) is 0 Å². The third-order valence-electron chi connectivity index (χ3n) is 3.95. The van der Waals surface area contributed by atoms with Gasteiger partial charge < -0.3 is 16.4 Å². The van der Waals surface area contributed by atoms with Gasteiger partial charge in [-0.3, -0.25) is 9.59 Å². The van der Waals surface area contributed by atoms with Crippen molar-refractivity contribution in [3.63, 3.8) is 0 Å². The highest BCUT2D eigenvalue weighted by molar-refractivity contribution is 5.85. The second kappa shape index (κ2) is 8.47. The predicted octanol–water partition coefficient (Wildman–Crippen LogP) is 1.20. The molecule has 4 N–H and O–H groups in total. The molecule has 1 aliphatic carbocycles. The minimum absolute atomic E-state index is 0. The molecule has 0 saturated heterocycles. The first-order valence-electron chi connectivity index (χ1n) is 7.18. The summed E-state index contributed by atoms with van der Waals surface area (Å²) < 4.78 is 0. The summed E-state index contributed by atoms with van der Waals surface area (Å²) in [6.07, 6.45) is 3.11. The summed E-state index contributed by atoms with van der Waals surface area (Å²) in [5.41, 5.74) is 5.37. The number of hydrogen-bond acceptors (Lipinski definition) is 3. The second-order valence-corrected chi connectivity index (χ2v) is 5.99. The Hall–Kier alpha value is -0.810. The summed E-state index contributed by atoms with van der Waals surface area (Å²) in [5, 5.41) is 5.85. The summed E-state index contributed by atoms with van der Waals surface area (Å²) in [4.78, 5) is 23.2. The van der Waals surface area contributed by atoms with Crippen LogP contribution in [-0.2, 0) is 9.59 Å². The standard InChI is InChI=1S/C14H27N3O2.ClH/c1-10(2)14(3,9-15)17-12(18)5-4-8-16-13(19)11-6-7-11;/h10-11H,4-9,15H2,1-3H3,(H,16,19)(H,17,18);1H. The van der Waals surface area contributed by atoms with Crippen LogP contribution in [0.4, 0.5) is 0 Å². The van der Waals surface area contributed by atoms with E-state index in [0.29, 0.717) is 25.9 Å². The Labute approximate surface area is 127 Å². The molecule has 1 rings (SSSR count). The number of amides is 2. The topological polar surface area (TPSA) is 84.2 Å². The maximum atomic E-state index is 11.8. The van der Waals surface area contributed by atoms with Gasteiger partial charge in [-0.25, -0.2) is 0 Å². The SMILES string of the molecule is CC(C)C(C)(CN)NC(=O)CCCNC(=O)C1CC1.Cl. The van der Waals surface area contributed by atoms with Crippen molar-refractivity contribution < 1.29 is 9.59 Å². The molecular formula is C14H28ClN3O2. The molecule has 1 fully saturated rings. The Kier molecular flexibility index (Phi) is 8.13. The third kappa shape index (κ3) is 6.09. The zero-order chi connectivity index (χ0) is 14.5. The normalized spacial score (nSPS) is 17.1. The largest absolute Gasteiger partial charge is 0.356 e. The Morgan fingerprint density at radius 2 is 1.95 bits per heavy atom. The highest BCUT2D eigenvalue weighted by atomic mass is 35.5. The minimum atomic E-state index is -0.353. The molecule has 1 atom stereocenters. The molecule has 0 aromatic heterocycles. The van der Waals surface area contributed by atoms with Crippen LogP contribution in [0.5, 0.6) is 0 Å². The Balaban J connectivity index is 0.00000361. The first kappa shape index (κ1) is 19.2. The molecule has 1 saturated carbocycles. The molecule has 0 spiro atoms. The van der Waals surface area contributed by atoms with Crippen LogP contribution in [0.1, 0.15) is 46.5 Å². The predicted molar refractivity (Wildman–Crippen MR) is 82.7 cm³/mol. The van der Waals surface area contributed by atoms with Crippen LogP contribution in [0.2, 0.25) is 0 Å². The van der Waals surface area contributed by atoms with Crippen LogP contribution in [0.15, 0.2) is 0 Å². The molecule has 0 radical (unpaired) electrons. The lowest BCUT2D eigenvalue weighted by atomic mass is 9.88. The zero-order valence-corrected chi connectivity index (χ0v) is 13.5. The van der Waals surface area contributed by atoms with E-state index in [1.165, 1.54) is 0 Å². The minimum Gasteiger partial charge on any atom is -0.356 e. The third-order valence-corrected chi connectivity index (χ3v) is 3.95. The van der Waals surface area contributed by atoms with Crippen molar-refractivity contribution in [3.8, 4) is 0 Å². The second-order valence-electron chi connectivity index (χ2n) is 5.99. The first-order valence-corrected chi connectivity index (χ1v) is 7.18. The van der Waals surface area contributed by atoms with E-state index < -0.39 is 0 Å². The van der Waals surface area contributed by atoms with Gasteiger partial charge in [0.25, 0.3) is 0 Å². The molecule has 5 nitrogen and oxygen atoms in total. The molecule has 6 heteroatoms. The van der Waals surface area contributed by atoms with Crippen LogP contribution in [-0.4, -0.2) is 30.4 Å². The fraction of sp³-hybridized carbons (Fsp3) is 0.857. The number of halogens is 1. The van der Waals surface area contributed by atoms with Crippen LogP contribution < -0.4 is 16.4 Å². The fourth-order valence-corrected chi connectivity index (χ4v) is 1.76. The van der Waals surface area contributed by atoms with Gasteiger partial charge in [-0.1, -0.05) is 13.8 Å². The van der Waals surface area contributed by atoms with Gasteiger partial charge >= 0.3 is 0 Å². The van der Waals surface area contributed by atoms with Gasteiger partial charge in [-0.05, 0) is 32.1 Å². The maximum absolute atomic E-state index is 11.8. The van der Waals surface area contributed by atoms with Crippen molar-refractivity contribution in [2.24, 2.45) is 17.6 Å². The van der Waals surface area contributed by atoms with Gasteiger partial charge in [0.1, 0.15) is 0 Å². The molecule has 2 amide bonds. The smallest absolute Gasteiger partial charge is 0.223 e. The van der Waals surface area contributed by atoms with Crippen LogP contribution in [0, 0.1) is 11.8 Å². The molecule has 0 heterocycles. The Morgan fingerprint density at radius 3 is 2.40 bits per heavy atom. The number of nitrogens with one attached hydrogen (secondary N) is 2. The molecule has 20 heavy (non-hydrogen) atoms. The van der Waals surface area contributed by atoms with E-state index in [9.17, 15) is 9.59 Å². The Bertz CT molecular complexity index is 332. The number of carbonyl (C=O) groups is 2. The molecule has 0 aromatic carbocycles. The molecule has 118 valence electrons. The molecular weight excluding hydrogens is 278 g/mol. The molecule has 0 bridgehead atoms. The average Bonchev–Trinajstić information content (AvgIpc) is 3.18. The lowest BCUT2D eigenvalue weighted by Crippen LogP contribution is -2.55. The van der Waals surface area contributed by atoms with Crippen molar-refractivity contribution in [2.45, 2.75) is 52.0 Å². The summed E-state index contributed by atoms with van der Waals surface area (Å²) >= 11 is 0. The van der Waals surface area contributed by atoms with Crippen molar-refractivity contribution in [3.05, 3.63) is 0 Å². The van der Waals surface area contributed by atoms with E-state index in [2.05, 4.69) is 10.6 Å². The zero-order valence-electron chi connectivity index (χ0n) is 12.7. The highest BCUT2D eigenvalue weighted by Gasteiger charge is 2.29. The summed E-state index contributed by atoms with van der Waals surface area (Å²) in [6.45, 7) is 7.05. The van der Waals surface area contributed by atoms with Crippen molar-refractivity contribution in [2.75, 3.05) is 13.1 Å². The number of hydrogen-bond donors (Lipinski definition) is 3. The molecule has 1 aliphatic rings. The average molecular weight is 306 g/mol. The van der Waals surface area contributed by atoms with Gasteiger partial charge in [-0.2, -0.15) is 0 Å². The first-order chi connectivity index (χ1) is 8.89. The van der Waals surface area contributed by atoms with Crippen molar-refractivity contribution in [1.29, 1.82) is 0 Å². The van der Waals surface area contributed by atoms with Gasteiger partial charge in [0, 0.05) is 25.4 Å². The van der Waals surface area contributed by atoms with Crippen molar-refractivity contribution in [1.82, 2.24) is 10.6 Å².